The number of hydrogen-bond acceptors (Lipinski definition) is 4. The standard InChI is InChI=1S/C29H32N2O4/c1-20-10-8-9-13-23(20)29(33)31-18-25(24-16-22(34-3)14-15-27(24)35-4)26(19-31)28(32)30(2)17-21-11-6-5-7-12-21/h5-16,25-26H,17-19H2,1-4H3. The van der Waals surface area contributed by atoms with Crippen molar-refractivity contribution in [3.63, 3.8) is 0 Å². The molecule has 1 fully saturated rings. The van der Waals surface area contributed by atoms with Gasteiger partial charge in [-0.15, -0.1) is 0 Å². The van der Waals surface area contributed by atoms with Gasteiger partial charge in [0, 0.05) is 43.7 Å². The monoisotopic (exact) mass is 472 g/mol. The smallest absolute Gasteiger partial charge is 0.254 e. The van der Waals surface area contributed by atoms with E-state index in [1.54, 1.807) is 24.0 Å². The highest BCUT2D eigenvalue weighted by atomic mass is 16.5. The maximum atomic E-state index is 13.8. The van der Waals surface area contributed by atoms with Crippen LogP contribution in [-0.4, -0.2) is 56.0 Å². The lowest BCUT2D eigenvalue weighted by atomic mass is 9.87. The summed E-state index contributed by atoms with van der Waals surface area (Å²) in [6.07, 6.45) is 0. The lowest BCUT2D eigenvalue weighted by molar-refractivity contribution is -0.134. The normalized spacial score (nSPS) is 17.2. The number of nitrogens with zero attached hydrogens (tertiary/aromatic N) is 2. The Bertz CT molecular complexity index is 1190. The largest absolute Gasteiger partial charge is 0.497 e. The SMILES string of the molecule is COc1ccc(OC)c(C2CN(C(=O)c3ccccc3C)CC2C(=O)N(C)Cc2ccccc2)c1. The van der Waals surface area contributed by atoms with Gasteiger partial charge in [0.25, 0.3) is 5.91 Å². The predicted octanol–water partition coefficient (Wildman–Crippen LogP) is 4.53. The molecule has 0 bridgehead atoms. The van der Waals surface area contributed by atoms with Crippen molar-refractivity contribution in [2.45, 2.75) is 19.4 Å². The van der Waals surface area contributed by atoms with Gasteiger partial charge in [-0.2, -0.15) is 0 Å². The number of methoxy groups -OCH3 is 2. The zero-order valence-corrected chi connectivity index (χ0v) is 20.7. The van der Waals surface area contributed by atoms with Crippen molar-refractivity contribution in [3.05, 3.63) is 95.1 Å². The van der Waals surface area contributed by atoms with E-state index in [2.05, 4.69) is 0 Å². The van der Waals surface area contributed by atoms with E-state index < -0.39 is 5.92 Å². The van der Waals surface area contributed by atoms with Crippen LogP contribution in [0.5, 0.6) is 11.5 Å². The van der Waals surface area contributed by atoms with Crippen LogP contribution in [-0.2, 0) is 11.3 Å². The van der Waals surface area contributed by atoms with E-state index in [4.69, 9.17) is 9.47 Å². The average molecular weight is 473 g/mol. The molecular weight excluding hydrogens is 440 g/mol. The highest BCUT2D eigenvalue weighted by molar-refractivity contribution is 5.96. The minimum absolute atomic E-state index is 0.00353. The average Bonchev–Trinajstić information content (AvgIpc) is 3.33. The molecule has 0 saturated carbocycles. The van der Waals surface area contributed by atoms with Gasteiger partial charge in [0.05, 0.1) is 20.1 Å². The summed E-state index contributed by atoms with van der Waals surface area (Å²) in [6, 6.07) is 23.1. The van der Waals surface area contributed by atoms with Crippen LogP contribution in [0, 0.1) is 12.8 Å². The van der Waals surface area contributed by atoms with E-state index in [0.29, 0.717) is 36.7 Å². The molecule has 6 heteroatoms. The molecule has 1 aliphatic rings. The zero-order valence-electron chi connectivity index (χ0n) is 20.7. The Hall–Kier alpha value is -3.80. The Labute approximate surface area is 207 Å². The van der Waals surface area contributed by atoms with Crippen LogP contribution in [0.15, 0.2) is 72.8 Å². The number of carbonyl (C=O) groups is 2. The molecule has 0 spiro atoms. The summed E-state index contributed by atoms with van der Waals surface area (Å²) in [6.45, 7) is 3.20. The molecule has 35 heavy (non-hydrogen) atoms. The molecule has 1 heterocycles. The fraction of sp³-hybridized carbons (Fsp3) is 0.310. The van der Waals surface area contributed by atoms with Gasteiger partial charge in [-0.3, -0.25) is 9.59 Å². The molecule has 0 aliphatic carbocycles. The topological polar surface area (TPSA) is 59.1 Å². The summed E-state index contributed by atoms with van der Waals surface area (Å²) < 4.78 is 11.1. The molecule has 0 N–H and O–H groups in total. The van der Waals surface area contributed by atoms with Crippen molar-refractivity contribution >= 4 is 11.8 Å². The first-order valence-corrected chi connectivity index (χ1v) is 11.8. The van der Waals surface area contributed by atoms with Crippen molar-refractivity contribution in [1.29, 1.82) is 0 Å². The van der Waals surface area contributed by atoms with E-state index in [1.807, 2.05) is 86.8 Å². The summed E-state index contributed by atoms with van der Waals surface area (Å²) in [7, 11) is 5.06. The maximum Gasteiger partial charge on any atom is 0.254 e. The second-order valence-electron chi connectivity index (χ2n) is 9.03. The third kappa shape index (κ3) is 5.16. The number of likely N-dealkylation sites (tertiary alicyclic amines) is 1. The van der Waals surface area contributed by atoms with Gasteiger partial charge in [-0.05, 0) is 42.3 Å². The minimum Gasteiger partial charge on any atom is -0.497 e. The lowest BCUT2D eigenvalue weighted by Gasteiger charge is -2.25. The molecule has 2 amide bonds. The number of amides is 2. The third-order valence-electron chi connectivity index (χ3n) is 6.77. The molecule has 1 aliphatic heterocycles. The molecule has 2 atom stereocenters. The highest BCUT2D eigenvalue weighted by Crippen LogP contribution is 2.40. The maximum absolute atomic E-state index is 13.8. The van der Waals surface area contributed by atoms with Crippen LogP contribution < -0.4 is 9.47 Å². The number of rotatable bonds is 7. The molecule has 0 aromatic heterocycles. The van der Waals surface area contributed by atoms with Gasteiger partial charge in [0.2, 0.25) is 5.91 Å². The van der Waals surface area contributed by atoms with E-state index in [-0.39, 0.29) is 17.7 Å². The summed E-state index contributed by atoms with van der Waals surface area (Å²) in [5, 5.41) is 0. The molecule has 0 radical (unpaired) electrons. The Morgan fingerprint density at radius 1 is 0.943 bits per heavy atom. The number of ether oxygens (including phenoxy) is 2. The van der Waals surface area contributed by atoms with Crippen molar-refractivity contribution in [2.75, 3.05) is 34.4 Å². The molecule has 6 nitrogen and oxygen atoms in total. The molecule has 182 valence electrons. The van der Waals surface area contributed by atoms with Gasteiger partial charge >= 0.3 is 0 Å². The Morgan fingerprint density at radius 3 is 2.34 bits per heavy atom. The van der Waals surface area contributed by atoms with Gasteiger partial charge < -0.3 is 19.3 Å². The fourth-order valence-electron chi connectivity index (χ4n) is 4.87. The Balaban J connectivity index is 1.68. The first-order valence-electron chi connectivity index (χ1n) is 11.8. The lowest BCUT2D eigenvalue weighted by Crippen LogP contribution is -2.36. The summed E-state index contributed by atoms with van der Waals surface area (Å²) >= 11 is 0. The second kappa shape index (κ2) is 10.6. The number of carbonyl (C=O) groups excluding carboxylic acids is 2. The van der Waals surface area contributed by atoms with Crippen molar-refractivity contribution in [2.24, 2.45) is 5.92 Å². The fourth-order valence-corrected chi connectivity index (χ4v) is 4.87. The van der Waals surface area contributed by atoms with E-state index in [9.17, 15) is 9.59 Å². The van der Waals surface area contributed by atoms with E-state index >= 15 is 0 Å². The van der Waals surface area contributed by atoms with Crippen molar-refractivity contribution in [3.8, 4) is 11.5 Å². The second-order valence-corrected chi connectivity index (χ2v) is 9.03. The van der Waals surface area contributed by atoms with Crippen LogP contribution in [0.3, 0.4) is 0 Å². The summed E-state index contributed by atoms with van der Waals surface area (Å²) in [5.74, 6) is 0.689. The van der Waals surface area contributed by atoms with Crippen molar-refractivity contribution < 1.29 is 19.1 Å². The van der Waals surface area contributed by atoms with Gasteiger partial charge in [-0.25, -0.2) is 0 Å². The molecule has 3 aromatic carbocycles. The Morgan fingerprint density at radius 2 is 1.66 bits per heavy atom. The number of benzene rings is 3. The van der Waals surface area contributed by atoms with Gasteiger partial charge in [-0.1, -0.05) is 48.5 Å². The number of hydrogen-bond donors (Lipinski definition) is 0. The highest BCUT2D eigenvalue weighted by Gasteiger charge is 2.43. The van der Waals surface area contributed by atoms with Crippen LogP contribution >= 0.6 is 0 Å². The third-order valence-corrected chi connectivity index (χ3v) is 6.77. The molecule has 1 saturated heterocycles. The van der Waals surface area contributed by atoms with Crippen LogP contribution in [0.25, 0.3) is 0 Å². The number of aryl methyl sites for hydroxylation is 1. The summed E-state index contributed by atoms with van der Waals surface area (Å²) in [4.78, 5) is 30.8. The quantitative estimate of drug-likeness (QED) is 0.507. The zero-order chi connectivity index (χ0) is 24.9. The van der Waals surface area contributed by atoms with Crippen LogP contribution in [0.4, 0.5) is 0 Å². The van der Waals surface area contributed by atoms with E-state index in [0.717, 1.165) is 16.7 Å². The molecule has 2 unspecified atom stereocenters. The van der Waals surface area contributed by atoms with Crippen LogP contribution in [0.1, 0.15) is 33.0 Å². The first-order chi connectivity index (χ1) is 16.9. The van der Waals surface area contributed by atoms with Crippen molar-refractivity contribution in [1.82, 2.24) is 9.80 Å². The Kier molecular flexibility index (Phi) is 7.39. The van der Waals surface area contributed by atoms with Gasteiger partial charge in [0.15, 0.2) is 0 Å². The summed E-state index contributed by atoms with van der Waals surface area (Å²) in [5.41, 5.74) is 3.52. The molecule has 3 aromatic rings. The molecular formula is C29H32N2O4. The minimum atomic E-state index is -0.405. The predicted molar refractivity (Wildman–Crippen MR) is 136 cm³/mol. The van der Waals surface area contributed by atoms with Gasteiger partial charge in [0.1, 0.15) is 11.5 Å². The van der Waals surface area contributed by atoms with Crippen LogP contribution in [0.2, 0.25) is 0 Å². The molecule has 4 rings (SSSR count). The van der Waals surface area contributed by atoms with E-state index in [1.165, 1.54) is 0 Å². The first kappa shape index (κ1) is 24.3.